The Bertz CT molecular complexity index is 1080. The van der Waals surface area contributed by atoms with Gasteiger partial charge in [-0.05, 0) is 53.3 Å². The molecule has 29 heavy (non-hydrogen) atoms. The number of ether oxygens (including phenoxy) is 1. The van der Waals surface area contributed by atoms with Crippen LogP contribution in [0.3, 0.4) is 0 Å². The molecule has 0 aliphatic rings. The van der Waals surface area contributed by atoms with Gasteiger partial charge in [-0.2, -0.15) is 0 Å². The van der Waals surface area contributed by atoms with Gasteiger partial charge in [0.15, 0.2) is 5.13 Å². The molecule has 1 atom stereocenters. The maximum absolute atomic E-state index is 5.92. The number of aromatic nitrogens is 1. The summed E-state index contributed by atoms with van der Waals surface area (Å²) in [6, 6.07) is 25.5. The fourth-order valence-corrected chi connectivity index (χ4v) is 4.26. The molecule has 0 radical (unpaired) electrons. The number of hydrogen-bond acceptors (Lipinski definition) is 4. The van der Waals surface area contributed by atoms with E-state index in [-0.39, 0.29) is 5.92 Å². The van der Waals surface area contributed by atoms with Crippen molar-refractivity contribution in [1.82, 2.24) is 4.98 Å². The quantitative estimate of drug-likeness (QED) is 0.426. The topological polar surface area (TPSA) is 48.1 Å². The Balaban J connectivity index is 1.63. The molecular weight excluding hydrogens is 376 g/mol. The van der Waals surface area contributed by atoms with Gasteiger partial charge in [-0.15, -0.1) is 11.3 Å². The molecule has 3 aromatic carbocycles. The van der Waals surface area contributed by atoms with Crippen molar-refractivity contribution in [2.75, 3.05) is 12.8 Å². The fourth-order valence-electron chi connectivity index (χ4n) is 3.64. The number of thiazole rings is 1. The van der Waals surface area contributed by atoms with E-state index >= 15 is 0 Å². The van der Waals surface area contributed by atoms with Crippen molar-refractivity contribution >= 4 is 16.5 Å². The minimum atomic E-state index is 0.152. The van der Waals surface area contributed by atoms with Crippen LogP contribution in [-0.2, 0) is 6.42 Å². The highest BCUT2D eigenvalue weighted by molar-refractivity contribution is 7.13. The molecule has 0 spiro atoms. The molecule has 4 rings (SSSR count). The zero-order valence-corrected chi connectivity index (χ0v) is 17.4. The summed E-state index contributed by atoms with van der Waals surface area (Å²) < 4.78 is 5.31. The Morgan fingerprint density at radius 3 is 2.31 bits per heavy atom. The van der Waals surface area contributed by atoms with E-state index in [1.165, 1.54) is 39.2 Å². The third-order valence-corrected chi connectivity index (χ3v) is 5.96. The van der Waals surface area contributed by atoms with Crippen molar-refractivity contribution in [3.8, 4) is 16.9 Å². The molecular formula is C25H24N2OS. The smallest absolute Gasteiger partial charge is 0.180 e. The Morgan fingerprint density at radius 1 is 0.966 bits per heavy atom. The number of nitrogen functional groups attached to an aromatic ring is 1. The molecule has 1 heterocycles. The number of hydrogen-bond donors (Lipinski definition) is 1. The number of methoxy groups -OCH3 is 1. The second kappa shape index (κ2) is 8.50. The average molecular weight is 401 g/mol. The van der Waals surface area contributed by atoms with Crippen LogP contribution in [0.2, 0.25) is 0 Å². The van der Waals surface area contributed by atoms with Gasteiger partial charge in [0, 0.05) is 11.3 Å². The zero-order chi connectivity index (χ0) is 20.2. The number of anilines is 1. The third-order valence-electron chi connectivity index (χ3n) is 5.26. The maximum Gasteiger partial charge on any atom is 0.180 e. The predicted molar refractivity (Wildman–Crippen MR) is 122 cm³/mol. The van der Waals surface area contributed by atoms with Crippen molar-refractivity contribution < 1.29 is 4.74 Å². The first-order valence-corrected chi connectivity index (χ1v) is 10.5. The summed E-state index contributed by atoms with van der Waals surface area (Å²) in [6.07, 6.45) is 0.865. The van der Waals surface area contributed by atoms with Crippen molar-refractivity contribution in [2.24, 2.45) is 0 Å². The van der Waals surface area contributed by atoms with Crippen molar-refractivity contribution in [1.29, 1.82) is 0 Å². The van der Waals surface area contributed by atoms with E-state index in [9.17, 15) is 0 Å². The van der Waals surface area contributed by atoms with Crippen LogP contribution in [0.15, 0.2) is 78.2 Å². The molecule has 0 aliphatic carbocycles. The Kier molecular flexibility index (Phi) is 5.63. The van der Waals surface area contributed by atoms with Crippen LogP contribution in [0.5, 0.6) is 5.75 Å². The second-order valence-corrected chi connectivity index (χ2v) is 8.04. The van der Waals surface area contributed by atoms with Gasteiger partial charge in [-0.25, -0.2) is 4.98 Å². The Labute approximate surface area is 175 Å². The standard InChI is InChI=1S/C25H24N2OS/c1-17-5-3-4-6-22(17)19-9-7-18(8-10-19)15-23(24-16-29-25(26)27-24)20-11-13-21(28-2)14-12-20/h3-14,16,23H,15H2,1-2H3,(H2,26,27)/t23-/m0/s1. The van der Waals surface area contributed by atoms with Crippen LogP contribution >= 0.6 is 11.3 Å². The summed E-state index contributed by atoms with van der Waals surface area (Å²) in [5.74, 6) is 1.01. The first-order valence-electron chi connectivity index (χ1n) is 9.64. The lowest BCUT2D eigenvalue weighted by Gasteiger charge is -2.17. The van der Waals surface area contributed by atoms with Gasteiger partial charge in [0.25, 0.3) is 0 Å². The predicted octanol–water partition coefficient (Wildman–Crippen LogP) is 6.08. The molecule has 0 unspecified atom stereocenters. The van der Waals surface area contributed by atoms with Crippen molar-refractivity contribution in [2.45, 2.75) is 19.3 Å². The summed E-state index contributed by atoms with van der Waals surface area (Å²) in [4.78, 5) is 4.57. The first kappa shape index (κ1) is 19.2. The van der Waals surface area contributed by atoms with Crippen LogP contribution in [-0.4, -0.2) is 12.1 Å². The molecule has 0 aliphatic heterocycles. The van der Waals surface area contributed by atoms with E-state index in [4.69, 9.17) is 10.5 Å². The van der Waals surface area contributed by atoms with Gasteiger partial charge in [0.2, 0.25) is 0 Å². The molecule has 0 bridgehead atoms. The molecule has 3 nitrogen and oxygen atoms in total. The number of nitrogens with two attached hydrogens (primary N) is 1. The summed E-state index contributed by atoms with van der Waals surface area (Å²) in [5, 5.41) is 2.67. The molecule has 146 valence electrons. The SMILES string of the molecule is COc1ccc([C@H](Cc2ccc(-c3ccccc3C)cc2)c2csc(N)n2)cc1. The summed E-state index contributed by atoms with van der Waals surface area (Å²) in [5.41, 5.74) is 13.2. The molecule has 4 heteroatoms. The lowest BCUT2D eigenvalue weighted by molar-refractivity contribution is 0.414. The minimum absolute atomic E-state index is 0.152. The summed E-state index contributed by atoms with van der Waals surface area (Å²) >= 11 is 1.49. The molecule has 2 N–H and O–H groups in total. The van der Waals surface area contributed by atoms with E-state index < -0.39 is 0 Å². The largest absolute Gasteiger partial charge is 0.497 e. The number of nitrogens with zero attached hydrogens (tertiary/aromatic N) is 1. The van der Waals surface area contributed by atoms with Crippen LogP contribution in [0.1, 0.15) is 28.3 Å². The lowest BCUT2D eigenvalue weighted by atomic mass is 9.89. The summed E-state index contributed by atoms with van der Waals surface area (Å²) in [7, 11) is 1.68. The maximum atomic E-state index is 5.92. The van der Waals surface area contributed by atoms with Crippen LogP contribution < -0.4 is 10.5 Å². The molecule has 1 aromatic heterocycles. The highest BCUT2D eigenvalue weighted by Gasteiger charge is 2.18. The van der Waals surface area contributed by atoms with Gasteiger partial charge in [0.05, 0.1) is 12.8 Å². The van der Waals surface area contributed by atoms with E-state index in [0.717, 1.165) is 17.9 Å². The minimum Gasteiger partial charge on any atom is -0.497 e. The molecule has 0 fully saturated rings. The molecule has 0 saturated heterocycles. The van der Waals surface area contributed by atoms with Crippen LogP contribution in [0.4, 0.5) is 5.13 Å². The van der Waals surface area contributed by atoms with Gasteiger partial charge in [0.1, 0.15) is 5.75 Å². The highest BCUT2D eigenvalue weighted by Crippen LogP contribution is 2.32. The van der Waals surface area contributed by atoms with Gasteiger partial charge < -0.3 is 10.5 Å². The number of rotatable bonds is 6. The number of aryl methyl sites for hydroxylation is 1. The zero-order valence-electron chi connectivity index (χ0n) is 16.6. The van der Waals surface area contributed by atoms with E-state index in [0.29, 0.717) is 5.13 Å². The van der Waals surface area contributed by atoms with Gasteiger partial charge in [-0.3, -0.25) is 0 Å². The highest BCUT2D eigenvalue weighted by atomic mass is 32.1. The summed E-state index contributed by atoms with van der Waals surface area (Å²) in [6.45, 7) is 2.15. The van der Waals surface area contributed by atoms with Crippen LogP contribution in [0, 0.1) is 6.92 Å². The van der Waals surface area contributed by atoms with Crippen molar-refractivity contribution in [3.63, 3.8) is 0 Å². The average Bonchev–Trinajstić information content (AvgIpc) is 3.19. The third kappa shape index (κ3) is 4.33. The number of benzene rings is 3. The normalized spacial score (nSPS) is 11.9. The first-order chi connectivity index (χ1) is 14.1. The van der Waals surface area contributed by atoms with E-state index in [1.807, 2.05) is 12.1 Å². The Morgan fingerprint density at radius 2 is 1.69 bits per heavy atom. The molecule has 0 saturated carbocycles. The van der Waals surface area contributed by atoms with Gasteiger partial charge >= 0.3 is 0 Å². The van der Waals surface area contributed by atoms with Gasteiger partial charge in [-0.1, -0.05) is 60.7 Å². The van der Waals surface area contributed by atoms with E-state index in [1.54, 1.807) is 7.11 Å². The van der Waals surface area contributed by atoms with E-state index in [2.05, 4.69) is 78.0 Å². The molecule has 0 amide bonds. The second-order valence-electron chi connectivity index (χ2n) is 7.15. The lowest BCUT2D eigenvalue weighted by Crippen LogP contribution is -2.06. The Hall–Kier alpha value is -3.11. The molecule has 4 aromatic rings. The fraction of sp³-hybridized carbons (Fsp3) is 0.160. The van der Waals surface area contributed by atoms with Crippen LogP contribution in [0.25, 0.3) is 11.1 Å². The monoisotopic (exact) mass is 400 g/mol. The van der Waals surface area contributed by atoms with Crippen molar-refractivity contribution in [3.05, 3.63) is 101 Å².